The highest BCUT2D eigenvalue weighted by Crippen LogP contribution is 2.29. The van der Waals surface area contributed by atoms with Gasteiger partial charge in [-0.1, -0.05) is 25.5 Å². The van der Waals surface area contributed by atoms with Gasteiger partial charge >= 0.3 is 0 Å². The molecule has 4 heteroatoms. The van der Waals surface area contributed by atoms with Crippen LogP contribution in [0.4, 0.5) is 0 Å². The van der Waals surface area contributed by atoms with E-state index in [9.17, 15) is 9.90 Å². The maximum atomic E-state index is 11.0. The first kappa shape index (κ1) is 20.2. The smallest absolute Gasteiger partial charge is 0.207 e. The Hall–Kier alpha value is -1.81. The van der Waals surface area contributed by atoms with Gasteiger partial charge in [-0.15, -0.1) is 6.58 Å². The maximum absolute atomic E-state index is 11.0. The number of carbonyl (C=O) groups excluding carboxylic acids is 1. The molecule has 0 fully saturated rings. The number of rotatable bonds is 5. The van der Waals surface area contributed by atoms with Crippen molar-refractivity contribution in [1.29, 1.82) is 0 Å². The van der Waals surface area contributed by atoms with Gasteiger partial charge in [-0.25, -0.2) is 0 Å². The summed E-state index contributed by atoms with van der Waals surface area (Å²) in [6.07, 6.45) is 5.06. The average molecular weight is 334 g/mol. The molecule has 0 aromatic heterocycles. The lowest BCUT2D eigenvalue weighted by molar-refractivity contribution is -0.122. The van der Waals surface area contributed by atoms with Crippen LogP contribution in [0.1, 0.15) is 45.6 Å². The van der Waals surface area contributed by atoms with Crippen LogP contribution < -0.4 is 9.47 Å². The molecule has 134 valence electrons. The van der Waals surface area contributed by atoms with Crippen molar-refractivity contribution >= 4 is 5.78 Å². The first-order valence-electron chi connectivity index (χ1n) is 8.44. The minimum Gasteiger partial charge on any atom is -0.482 e. The average Bonchev–Trinajstić information content (AvgIpc) is 2.68. The highest BCUT2D eigenvalue weighted by molar-refractivity contribution is 5.82. The Morgan fingerprint density at radius 2 is 1.92 bits per heavy atom. The van der Waals surface area contributed by atoms with Crippen LogP contribution in [-0.2, 0) is 4.79 Å². The Balaban J connectivity index is 0.000000245. The maximum Gasteiger partial charge on any atom is 0.207 e. The van der Waals surface area contributed by atoms with Crippen LogP contribution in [0.3, 0.4) is 0 Å². The summed E-state index contributed by atoms with van der Waals surface area (Å²) >= 11 is 0. The largest absolute Gasteiger partial charge is 0.482 e. The van der Waals surface area contributed by atoms with Crippen molar-refractivity contribution in [3.05, 3.63) is 36.4 Å². The van der Waals surface area contributed by atoms with Gasteiger partial charge in [0.15, 0.2) is 24.7 Å². The van der Waals surface area contributed by atoms with Crippen LogP contribution >= 0.6 is 0 Å². The third-order valence-electron chi connectivity index (χ3n) is 3.73. The second-order valence-electron chi connectivity index (χ2n) is 6.98. The summed E-state index contributed by atoms with van der Waals surface area (Å²) in [7, 11) is 0. The first-order valence-corrected chi connectivity index (χ1v) is 8.44. The number of carbonyl (C=O) groups is 1. The SMILES string of the molecule is C=CC(C)CCCC(C)(C)O.Cc1ccc2c(c1)OCC(=O)CO2. The van der Waals surface area contributed by atoms with Crippen molar-refractivity contribution in [2.75, 3.05) is 13.2 Å². The third kappa shape index (κ3) is 8.16. The molecular formula is C20H30O4. The van der Waals surface area contributed by atoms with Gasteiger partial charge in [-0.2, -0.15) is 0 Å². The summed E-state index contributed by atoms with van der Waals surface area (Å²) < 4.78 is 10.5. The number of benzene rings is 1. The summed E-state index contributed by atoms with van der Waals surface area (Å²) in [6, 6.07) is 5.62. The topological polar surface area (TPSA) is 55.8 Å². The van der Waals surface area contributed by atoms with Gasteiger partial charge in [0.2, 0.25) is 5.78 Å². The Bertz CT molecular complexity index is 543. The number of fused-ring (bicyclic) bond motifs is 1. The van der Waals surface area contributed by atoms with E-state index in [1.165, 1.54) is 0 Å². The van der Waals surface area contributed by atoms with Crippen LogP contribution in [0.15, 0.2) is 30.9 Å². The van der Waals surface area contributed by atoms with Gasteiger partial charge in [0.25, 0.3) is 0 Å². The van der Waals surface area contributed by atoms with Crippen LogP contribution in [0.25, 0.3) is 0 Å². The molecule has 1 heterocycles. The predicted molar refractivity (Wildman–Crippen MR) is 96.7 cm³/mol. The van der Waals surface area contributed by atoms with Gasteiger partial charge < -0.3 is 14.6 Å². The van der Waals surface area contributed by atoms with E-state index >= 15 is 0 Å². The number of hydrogen-bond acceptors (Lipinski definition) is 4. The lowest BCUT2D eigenvalue weighted by Crippen LogP contribution is -2.18. The fourth-order valence-electron chi connectivity index (χ4n) is 2.18. The second kappa shape index (κ2) is 9.48. The fourth-order valence-corrected chi connectivity index (χ4v) is 2.18. The van der Waals surface area contributed by atoms with Crippen LogP contribution in [0.2, 0.25) is 0 Å². The molecule has 0 saturated carbocycles. The molecule has 1 aliphatic rings. The van der Waals surface area contributed by atoms with Crippen molar-refractivity contribution in [2.24, 2.45) is 5.92 Å². The number of ketones is 1. The number of allylic oxidation sites excluding steroid dienone is 1. The van der Waals surface area contributed by atoms with E-state index in [1.54, 1.807) is 0 Å². The monoisotopic (exact) mass is 334 g/mol. The zero-order valence-corrected chi connectivity index (χ0v) is 15.3. The number of ether oxygens (including phenoxy) is 2. The molecule has 1 atom stereocenters. The normalized spacial score (nSPS) is 15.0. The molecule has 1 aromatic rings. The molecule has 0 saturated heterocycles. The van der Waals surface area contributed by atoms with E-state index < -0.39 is 5.60 Å². The van der Waals surface area contributed by atoms with Gasteiger partial charge in [-0.3, -0.25) is 4.79 Å². The molecular weight excluding hydrogens is 304 g/mol. The summed E-state index contributed by atoms with van der Waals surface area (Å²) in [4.78, 5) is 11.0. The van der Waals surface area contributed by atoms with Gasteiger partial charge in [0.1, 0.15) is 0 Å². The van der Waals surface area contributed by atoms with E-state index in [-0.39, 0.29) is 19.0 Å². The minimum atomic E-state index is -0.499. The van der Waals surface area contributed by atoms with Crippen LogP contribution in [-0.4, -0.2) is 29.7 Å². The van der Waals surface area contributed by atoms with E-state index in [4.69, 9.17) is 9.47 Å². The summed E-state index contributed by atoms with van der Waals surface area (Å²) in [5.74, 6) is 1.86. The quantitative estimate of drug-likeness (QED) is 0.824. The molecule has 1 aliphatic heterocycles. The molecule has 24 heavy (non-hydrogen) atoms. The predicted octanol–water partition coefficient (Wildman–Crippen LogP) is 4.09. The highest BCUT2D eigenvalue weighted by atomic mass is 16.5. The summed E-state index contributed by atoms with van der Waals surface area (Å²) in [6.45, 7) is 11.8. The van der Waals surface area contributed by atoms with Crippen molar-refractivity contribution in [3.8, 4) is 11.5 Å². The Morgan fingerprint density at radius 1 is 1.29 bits per heavy atom. The van der Waals surface area contributed by atoms with E-state index in [1.807, 2.05) is 45.0 Å². The van der Waals surface area contributed by atoms with E-state index in [2.05, 4.69) is 13.5 Å². The highest BCUT2D eigenvalue weighted by Gasteiger charge is 2.14. The zero-order chi connectivity index (χ0) is 18.2. The van der Waals surface area contributed by atoms with E-state index in [0.29, 0.717) is 17.4 Å². The third-order valence-corrected chi connectivity index (χ3v) is 3.73. The Labute approximate surface area is 145 Å². The lowest BCUT2D eigenvalue weighted by Gasteiger charge is -2.17. The Kier molecular flexibility index (Phi) is 7.99. The van der Waals surface area contributed by atoms with Gasteiger partial charge in [0, 0.05) is 0 Å². The van der Waals surface area contributed by atoms with Crippen molar-refractivity contribution < 1.29 is 19.4 Å². The van der Waals surface area contributed by atoms with Crippen molar-refractivity contribution in [1.82, 2.24) is 0 Å². The summed E-state index contributed by atoms with van der Waals surface area (Å²) in [5.41, 5.74) is 0.595. The van der Waals surface area contributed by atoms with E-state index in [0.717, 1.165) is 24.8 Å². The molecule has 4 nitrogen and oxygen atoms in total. The molecule has 0 amide bonds. The number of aliphatic hydroxyl groups is 1. The van der Waals surface area contributed by atoms with Gasteiger partial charge in [0.05, 0.1) is 5.60 Å². The molecule has 1 unspecified atom stereocenters. The molecule has 0 radical (unpaired) electrons. The number of hydrogen-bond donors (Lipinski definition) is 1. The Morgan fingerprint density at radius 3 is 2.50 bits per heavy atom. The minimum absolute atomic E-state index is 0.0335. The molecule has 2 rings (SSSR count). The zero-order valence-electron chi connectivity index (χ0n) is 15.3. The number of aryl methyl sites for hydroxylation is 1. The van der Waals surface area contributed by atoms with Crippen molar-refractivity contribution in [2.45, 2.75) is 52.6 Å². The fraction of sp³-hybridized carbons (Fsp3) is 0.550. The lowest BCUT2D eigenvalue weighted by atomic mass is 9.97. The molecule has 0 aliphatic carbocycles. The molecule has 1 aromatic carbocycles. The van der Waals surface area contributed by atoms with Crippen molar-refractivity contribution in [3.63, 3.8) is 0 Å². The molecule has 0 spiro atoms. The van der Waals surface area contributed by atoms with Crippen LogP contribution in [0, 0.1) is 12.8 Å². The second-order valence-corrected chi connectivity index (χ2v) is 6.98. The first-order chi connectivity index (χ1) is 11.2. The van der Waals surface area contributed by atoms with Gasteiger partial charge in [-0.05, 0) is 57.2 Å². The standard InChI is InChI=1S/C10H10O3.C10H20O/c1-7-2-3-9-10(4-7)13-6-8(11)5-12-9;1-5-9(2)7-6-8-10(3,4)11/h2-4H,5-6H2,1H3;5,9,11H,1,6-8H2,2-4H3. The molecule has 1 N–H and O–H groups in total. The van der Waals surface area contributed by atoms with Crippen LogP contribution in [0.5, 0.6) is 11.5 Å². The number of Topliss-reactive ketones (excluding diaryl/α,β-unsaturated/α-hetero) is 1. The summed E-state index contributed by atoms with van der Waals surface area (Å²) in [5, 5.41) is 9.38. The molecule has 0 bridgehead atoms.